The van der Waals surface area contributed by atoms with Crippen LogP contribution in [-0.4, -0.2) is 22.0 Å². The SMILES string of the molecule is O=C1NC(=O)C(=Cc2ccc(NC(=C3C(=O)Nc4ccc([N+](=O)[O-])cc43)c3ccccc3)cc2)S1. The number of amides is 3. The fraction of sp³-hybridized carbons (Fsp3) is 0. The molecule has 0 atom stereocenters. The third-order valence-corrected chi connectivity index (χ3v) is 6.20. The molecule has 0 aromatic heterocycles. The van der Waals surface area contributed by atoms with Crippen molar-refractivity contribution < 1.29 is 19.3 Å². The number of fused-ring (bicyclic) bond motifs is 1. The number of nitrogens with one attached hydrogen (secondary N) is 3. The summed E-state index contributed by atoms with van der Waals surface area (Å²) >= 11 is 0.840. The van der Waals surface area contributed by atoms with Crippen LogP contribution in [-0.2, 0) is 9.59 Å². The monoisotopic (exact) mass is 484 g/mol. The zero-order valence-corrected chi connectivity index (χ0v) is 18.7. The number of carbonyl (C=O) groups excluding carboxylic acids is 3. The zero-order valence-electron chi connectivity index (χ0n) is 17.9. The maximum Gasteiger partial charge on any atom is 0.290 e. The van der Waals surface area contributed by atoms with Crippen LogP contribution in [0.4, 0.5) is 21.9 Å². The summed E-state index contributed by atoms with van der Waals surface area (Å²) in [4.78, 5) is 47.3. The Hall–Kier alpha value is -4.70. The molecule has 3 amide bonds. The first-order valence-electron chi connectivity index (χ1n) is 10.4. The van der Waals surface area contributed by atoms with Crippen LogP contribution in [0.1, 0.15) is 16.7 Å². The van der Waals surface area contributed by atoms with Crippen LogP contribution in [0.5, 0.6) is 0 Å². The molecule has 5 rings (SSSR count). The summed E-state index contributed by atoms with van der Waals surface area (Å²) in [6.07, 6.45) is 1.62. The molecular formula is C25H16N4O5S. The Bertz CT molecular complexity index is 1460. The van der Waals surface area contributed by atoms with E-state index in [1.807, 2.05) is 30.3 Å². The average molecular weight is 484 g/mol. The van der Waals surface area contributed by atoms with Gasteiger partial charge in [-0.05, 0) is 47.2 Å². The second-order valence-corrected chi connectivity index (χ2v) is 8.67. The fourth-order valence-electron chi connectivity index (χ4n) is 3.78. The molecule has 2 aliphatic rings. The van der Waals surface area contributed by atoms with Crippen molar-refractivity contribution in [1.29, 1.82) is 0 Å². The number of anilines is 2. The van der Waals surface area contributed by atoms with E-state index in [1.54, 1.807) is 30.3 Å². The third-order valence-electron chi connectivity index (χ3n) is 5.39. The molecule has 0 saturated carbocycles. The number of thioether (sulfide) groups is 1. The Morgan fingerprint density at radius 1 is 0.914 bits per heavy atom. The number of nitrogens with zero attached hydrogens (tertiary/aromatic N) is 1. The van der Waals surface area contributed by atoms with E-state index in [9.17, 15) is 24.5 Å². The smallest absolute Gasteiger partial charge is 0.290 e. The van der Waals surface area contributed by atoms with Crippen molar-refractivity contribution in [2.45, 2.75) is 0 Å². The summed E-state index contributed by atoms with van der Waals surface area (Å²) in [5, 5.41) is 19.2. The lowest BCUT2D eigenvalue weighted by Gasteiger charge is -2.15. The highest BCUT2D eigenvalue weighted by molar-refractivity contribution is 8.18. The van der Waals surface area contributed by atoms with Crippen LogP contribution in [0.3, 0.4) is 0 Å². The maximum absolute atomic E-state index is 13.0. The van der Waals surface area contributed by atoms with E-state index in [-0.39, 0.29) is 11.6 Å². The molecule has 2 aliphatic heterocycles. The number of rotatable bonds is 5. The summed E-state index contributed by atoms with van der Waals surface area (Å²) in [5.74, 6) is -0.805. The van der Waals surface area contributed by atoms with Gasteiger partial charge < -0.3 is 10.6 Å². The molecule has 0 spiro atoms. The summed E-state index contributed by atoms with van der Waals surface area (Å²) < 4.78 is 0. The van der Waals surface area contributed by atoms with Gasteiger partial charge in [0.05, 0.1) is 21.1 Å². The number of hydrogen-bond donors (Lipinski definition) is 3. The minimum absolute atomic E-state index is 0.116. The van der Waals surface area contributed by atoms with Crippen LogP contribution in [0.2, 0.25) is 0 Å². The molecule has 0 radical (unpaired) electrons. The second-order valence-electron chi connectivity index (χ2n) is 7.66. The summed E-state index contributed by atoms with van der Waals surface area (Å²) in [7, 11) is 0. The van der Waals surface area contributed by atoms with Crippen molar-refractivity contribution in [2.75, 3.05) is 10.6 Å². The quantitative estimate of drug-likeness (QED) is 0.268. The molecule has 9 nitrogen and oxygen atoms in total. The van der Waals surface area contributed by atoms with Gasteiger partial charge in [-0.2, -0.15) is 0 Å². The van der Waals surface area contributed by atoms with E-state index in [1.165, 1.54) is 18.2 Å². The lowest BCUT2D eigenvalue weighted by atomic mass is 9.99. The predicted molar refractivity (Wildman–Crippen MR) is 134 cm³/mol. The minimum Gasteiger partial charge on any atom is -0.354 e. The molecule has 2 heterocycles. The van der Waals surface area contributed by atoms with Gasteiger partial charge in [-0.25, -0.2) is 0 Å². The lowest BCUT2D eigenvalue weighted by molar-refractivity contribution is -0.384. The first-order valence-corrected chi connectivity index (χ1v) is 11.2. The molecular weight excluding hydrogens is 468 g/mol. The second kappa shape index (κ2) is 8.92. The lowest BCUT2D eigenvalue weighted by Crippen LogP contribution is -2.17. The number of nitro groups is 1. The molecule has 3 aromatic rings. The van der Waals surface area contributed by atoms with Gasteiger partial charge in [0.15, 0.2) is 0 Å². The van der Waals surface area contributed by atoms with E-state index in [0.717, 1.165) is 22.9 Å². The Morgan fingerprint density at radius 3 is 2.31 bits per heavy atom. The molecule has 3 aromatic carbocycles. The van der Waals surface area contributed by atoms with E-state index in [0.29, 0.717) is 33.1 Å². The van der Waals surface area contributed by atoms with Gasteiger partial charge in [0, 0.05) is 29.1 Å². The van der Waals surface area contributed by atoms with Crippen molar-refractivity contribution in [2.24, 2.45) is 0 Å². The summed E-state index contributed by atoms with van der Waals surface area (Å²) in [5.41, 5.74) is 3.70. The van der Waals surface area contributed by atoms with Crippen LogP contribution in [0.15, 0.2) is 77.7 Å². The van der Waals surface area contributed by atoms with E-state index in [2.05, 4.69) is 16.0 Å². The highest BCUT2D eigenvalue weighted by Crippen LogP contribution is 2.39. The topological polar surface area (TPSA) is 130 Å². The van der Waals surface area contributed by atoms with Crippen molar-refractivity contribution in [3.05, 3.63) is 105 Å². The van der Waals surface area contributed by atoms with Gasteiger partial charge in [-0.15, -0.1) is 0 Å². The van der Waals surface area contributed by atoms with Gasteiger partial charge in [-0.1, -0.05) is 42.5 Å². The van der Waals surface area contributed by atoms with Crippen LogP contribution in [0, 0.1) is 10.1 Å². The van der Waals surface area contributed by atoms with Gasteiger partial charge in [-0.3, -0.25) is 29.8 Å². The Morgan fingerprint density at radius 2 is 1.66 bits per heavy atom. The van der Waals surface area contributed by atoms with Gasteiger partial charge in [0.2, 0.25) is 0 Å². The number of nitro benzene ring substituents is 1. The predicted octanol–water partition coefficient (Wildman–Crippen LogP) is 4.85. The van der Waals surface area contributed by atoms with E-state index in [4.69, 9.17) is 0 Å². The van der Waals surface area contributed by atoms with Crippen molar-refractivity contribution in [1.82, 2.24) is 5.32 Å². The molecule has 1 fully saturated rings. The zero-order chi connectivity index (χ0) is 24.5. The van der Waals surface area contributed by atoms with Gasteiger partial charge in [0.25, 0.3) is 22.7 Å². The number of non-ortho nitro benzene ring substituents is 1. The molecule has 0 unspecified atom stereocenters. The fourth-order valence-corrected chi connectivity index (χ4v) is 4.46. The van der Waals surface area contributed by atoms with Crippen molar-refractivity contribution in [3.63, 3.8) is 0 Å². The van der Waals surface area contributed by atoms with Gasteiger partial charge in [0.1, 0.15) is 0 Å². The standard InChI is InChI=1S/C25H16N4O5S/c30-23-20(35-25(32)28-23)12-14-6-8-16(9-7-14)26-22(15-4-2-1-3-5-15)21-18-13-17(29(33)34)10-11-19(18)27-24(21)31/h1-13,26H,(H,27,31)(H,28,30,32). The molecule has 10 heteroatoms. The Labute approximate surface area is 203 Å². The highest BCUT2D eigenvalue weighted by atomic mass is 32.2. The highest BCUT2D eigenvalue weighted by Gasteiger charge is 2.30. The average Bonchev–Trinajstić information content (AvgIpc) is 3.35. The normalized spacial score (nSPS) is 17.1. The first-order chi connectivity index (χ1) is 16.9. The summed E-state index contributed by atoms with van der Waals surface area (Å²) in [6.45, 7) is 0. The first kappa shape index (κ1) is 22.1. The Kier molecular flexibility index (Phi) is 5.63. The summed E-state index contributed by atoms with van der Waals surface area (Å²) in [6, 6.07) is 20.5. The van der Waals surface area contributed by atoms with Crippen molar-refractivity contribution in [3.8, 4) is 0 Å². The third kappa shape index (κ3) is 4.42. The van der Waals surface area contributed by atoms with Crippen LogP contribution in [0.25, 0.3) is 17.3 Å². The molecule has 3 N–H and O–H groups in total. The minimum atomic E-state index is -0.500. The molecule has 0 bridgehead atoms. The van der Waals surface area contributed by atoms with Gasteiger partial charge >= 0.3 is 0 Å². The number of carbonyl (C=O) groups is 3. The molecule has 172 valence electrons. The Balaban J connectivity index is 1.55. The van der Waals surface area contributed by atoms with E-state index < -0.39 is 16.1 Å². The maximum atomic E-state index is 13.0. The molecule has 0 aliphatic carbocycles. The number of imide groups is 1. The number of benzene rings is 3. The van der Waals surface area contributed by atoms with Crippen molar-refractivity contribution >= 4 is 63.2 Å². The van der Waals surface area contributed by atoms with Crippen LogP contribution < -0.4 is 16.0 Å². The number of hydrogen-bond acceptors (Lipinski definition) is 7. The molecule has 35 heavy (non-hydrogen) atoms. The molecule has 1 saturated heterocycles. The largest absolute Gasteiger partial charge is 0.354 e. The van der Waals surface area contributed by atoms with E-state index >= 15 is 0 Å². The van der Waals surface area contributed by atoms with Crippen LogP contribution >= 0.6 is 11.8 Å².